The van der Waals surface area contributed by atoms with E-state index in [1.807, 2.05) is 24.8 Å². The number of hydrogen-bond acceptors (Lipinski definition) is 4. The van der Waals surface area contributed by atoms with Gasteiger partial charge in [-0.15, -0.1) is 11.8 Å². The van der Waals surface area contributed by atoms with E-state index in [1.165, 1.54) is 16.1 Å². The van der Waals surface area contributed by atoms with E-state index in [4.69, 9.17) is 5.73 Å². The average Bonchev–Trinajstić information content (AvgIpc) is 2.47. The Labute approximate surface area is 131 Å². The number of anilines is 1. The molecule has 2 rings (SSSR count). The van der Waals surface area contributed by atoms with Crippen molar-refractivity contribution < 1.29 is 0 Å². The Hall–Kier alpha value is -1.52. The molecule has 0 saturated carbocycles. The summed E-state index contributed by atoms with van der Waals surface area (Å²) in [6.45, 7) is 5.53. The summed E-state index contributed by atoms with van der Waals surface area (Å²) in [5.74, 6) is 1.06. The quantitative estimate of drug-likeness (QED) is 0.828. The first-order valence-corrected chi connectivity index (χ1v) is 8.22. The standard InChI is InChI=1S/C17H23N3S/c1-4-21-17-10-6-9-16(15(17)11-18)20(3)12-14-8-5-7-13(2)19-14/h5-10H,4,11-12,18H2,1-3H3. The molecule has 0 fully saturated rings. The molecule has 0 unspecified atom stereocenters. The number of hydrogen-bond donors (Lipinski definition) is 1. The normalized spacial score (nSPS) is 10.7. The first kappa shape index (κ1) is 15.9. The van der Waals surface area contributed by atoms with Crippen molar-refractivity contribution in [3.05, 3.63) is 53.3 Å². The van der Waals surface area contributed by atoms with E-state index in [1.54, 1.807) is 0 Å². The van der Waals surface area contributed by atoms with Gasteiger partial charge in [-0.05, 0) is 36.9 Å². The van der Waals surface area contributed by atoms with Crippen molar-refractivity contribution in [2.45, 2.75) is 31.8 Å². The highest BCUT2D eigenvalue weighted by molar-refractivity contribution is 7.99. The van der Waals surface area contributed by atoms with Gasteiger partial charge in [0.1, 0.15) is 0 Å². The van der Waals surface area contributed by atoms with Crippen LogP contribution in [0.1, 0.15) is 23.9 Å². The van der Waals surface area contributed by atoms with Crippen molar-refractivity contribution in [2.75, 3.05) is 17.7 Å². The number of rotatable bonds is 6. The summed E-state index contributed by atoms with van der Waals surface area (Å²) in [4.78, 5) is 8.08. The second-order valence-corrected chi connectivity index (χ2v) is 6.32. The molecule has 0 aliphatic rings. The number of thioether (sulfide) groups is 1. The molecule has 4 heteroatoms. The minimum Gasteiger partial charge on any atom is -0.368 e. The molecule has 21 heavy (non-hydrogen) atoms. The highest BCUT2D eigenvalue weighted by atomic mass is 32.2. The van der Waals surface area contributed by atoms with Crippen molar-refractivity contribution in [3.63, 3.8) is 0 Å². The van der Waals surface area contributed by atoms with Gasteiger partial charge < -0.3 is 10.6 Å². The van der Waals surface area contributed by atoms with Gasteiger partial charge in [0.15, 0.2) is 0 Å². The van der Waals surface area contributed by atoms with Gasteiger partial charge in [-0.1, -0.05) is 19.1 Å². The molecule has 112 valence electrons. The van der Waals surface area contributed by atoms with Crippen molar-refractivity contribution in [1.82, 2.24) is 4.98 Å². The minimum absolute atomic E-state index is 0.560. The Kier molecular flexibility index (Phi) is 5.65. The lowest BCUT2D eigenvalue weighted by Gasteiger charge is -2.23. The van der Waals surface area contributed by atoms with Crippen molar-refractivity contribution >= 4 is 17.4 Å². The van der Waals surface area contributed by atoms with Gasteiger partial charge in [-0.3, -0.25) is 4.98 Å². The number of benzene rings is 1. The van der Waals surface area contributed by atoms with E-state index in [9.17, 15) is 0 Å². The number of pyridine rings is 1. The van der Waals surface area contributed by atoms with E-state index >= 15 is 0 Å². The van der Waals surface area contributed by atoms with Crippen LogP contribution in [-0.2, 0) is 13.1 Å². The van der Waals surface area contributed by atoms with Gasteiger partial charge in [0, 0.05) is 35.4 Å². The minimum atomic E-state index is 0.560. The maximum absolute atomic E-state index is 5.98. The molecular weight excluding hydrogens is 278 g/mol. The van der Waals surface area contributed by atoms with Crippen LogP contribution in [-0.4, -0.2) is 17.8 Å². The van der Waals surface area contributed by atoms with Crippen LogP contribution in [0.4, 0.5) is 5.69 Å². The van der Waals surface area contributed by atoms with Crippen LogP contribution in [0.2, 0.25) is 0 Å². The predicted octanol–water partition coefficient (Wildman–Crippen LogP) is 3.60. The lowest BCUT2D eigenvalue weighted by atomic mass is 10.1. The summed E-state index contributed by atoms with van der Waals surface area (Å²) in [6.07, 6.45) is 0. The molecule has 0 radical (unpaired) electrons. The Morgan fingerprint density at radius 3 is 2.62 bits per heavy atom. The van der Waals surface area contributed by atoms with Crippen molar-refractivity contribution in [2.24, 2.45) is 5.73 Å². The third-order valence-corrected chi connectivity index (χ3v) is 4.35. The van der Waals surface area contributed by atoms with E-state index in [0.717, 1.165) is 23.7 Å². The van der Waals surface area contributed by atoms with E-state index < -0.39 is 0 Å². The third-order valence-electron chi connectivity index (χ3n) is 3.37. The number of aryl methyl sites for hydroxylation is 1. The fourth-order valence-corrected chi connectivity index (χ4v) is 3.27. The zero-order chi connectivity index (χ0) is 15.2. The first-order valence-electron chi connectivity index (χ1n) is 7.24. The molecule has 0 amide bonds. The molecule has 0 bridgehead atoms. The van der Waals surface area contributed by atoms with Crippen LogP contribution in [0, 0.1) is 6.92 Å². The van der Waals surface area contributed by atoms with Gasteiger partial charge in [-0.25, -0.2) is 0 Å². The summed E-state index contributed by atoms with van der Waals surface area (Å²) in [5.41, 5.74) is 10.5. The highest BCUT2D eigenvalue weighted by Gasteiger charge is 2.11. The number of nitrogens with two attached hydrogens (primary N) is 1. The topological polar surface area (TPSA) is 42.2 Å². The Balaban J connectivity index is 2.26. The Morgan fingerprint density at radius 2 is 1.95 bits per heavy atom. The Bertz CT molecular complexity index is 598. The molecule has 2 aromatic rings. The fourth-order valence-electron chi connectivity index (χ4n) is 2.42. The van der Waals surface area contributed by atoms with Gasteiger partial charge in [-0.2, -0.15) is 0 Å². The average molecular weight is 301 g/mol. The first-order chi connectivity index (χ1) is 10.2. The van der Waals surface area contributed by atoms with Gasteiger partial charge in [0.2, 0.25) is 0 Å². The van der Waals surface area contributed by atoms with Gasteiger partial charge in [0.25, 0.3) is 0 Å². The largest absolute Gasteiger partial charge is 0.368 e. The summed E-state index contributed by atoms with van der Waals surface area (Å²) < 4.78 is 0. The molecule has 0 saturated heterocycles. The van der Waals surface area contributed by atoms with Gasteiger partial charge in [0.05, 0.1) is 12.2 Å². The van der Waals surface area contributed by atoms with E-state index in [0.29, 0.717) is 6.54 Å². The second-order valence-electron chi connectivity index (χ2n) is 5.02. The van der Waals surface area contributed by atoms with Crippen molar-refractivity contribution in [1.29, 1.82) is 0 Å². The molecule has 3 nitrogen and oxygen atoms in total. The van der Waals surface area contributed by atoms with Crippen LogP contribution >= 0.6 is 11.8 Å². The Morgan fingerprint density at radius 1 is 1.19 bits per heavy atom. The molecule has 1 heterocycles. The lowest BCUT2D eigenvalue weighted by molar-refractivity contribution is 0.859. The van der Waals surface area contributed by atoms with Crippen molar-refractivity contribution in [3.8, 4) is 0 Å². The zero-order valence-corrected chi connectivity index (χ0v) is 13.8. The summed E-state index contributed by atoms with van der Waals surface area (Å²) in [5, 5.41) is 0. The number of nitrogens with zero attached hydrogens (tertiary/aromatic N) is 2. The molecule has 0 atom stereocenters. The highest BCUT2D eigenvalue weighted by Crippen LogP contribution is 2.30. The van der Waals surface area contributed by atoms with Crippen LogP contribution in [0.5, 0.6) is 0 Å². The predicted molar refractivity (Wildman–Crippen MR) is 91.8 cm³/mol. The molecule has 0 aliphatic heterocycles. The lowest BCUT2D eigenvalue weighted by Crippen LogP contribution is -2.20. The summed E-state index contributed by atoms with van der Waals surface area (Å²) in [6, 6.07) is 12.5. The van der Waals surface area contributed by atoms with Crippen LogP contribution in [0.15, 0.2) is 41.3 Å². The van der Waals surface area contributed by atoms with Crippen LogP contribution < -0.4 is 10.6 Å². The maximum atomic E-state index is 5.98. The number of aromatic nitrogens is 1. The molecule has 1 aromatic heterocycles. The van der Waals surface area contributed by atoms with Crippen LogP contribution in [0.3, 0.4) is 0 Å². The van der Waals surface area contributed by atoms with E-state index in [2.05, 4.69) is 54.2 Å². The maximum Gasteiger partial charge on any atom is 0.0600 e. The van der Waals surface area contributed by atoms with E-state index in [-0.39, 0.29) is 0 Å². The monoisotopic (exact) mass is 301 g/mol. The summed E-state index contributed by atoms with van der Waals surface area (Å²) >= 11 is 1.84. The molecule has 0 aliphatic carbocycles. The van der Waals surface area contributed by atoms with Crippen LogP contribution in [0.25, 0.3) is 0 Å². The fraction of sp³-hybridized carbons (Fsp3) is 0.353. The van der Waals surface area contributed by atoms with Gasteiger partial charge >= 0.3 is 0 Å². The smallest absolute Gasteiger partial charge is 0.0600 e. The molecular formula is C17H23N3S. The third kappa shape index (κ3) is 3.99. The SMILES string of the molecule is CCSc1cccc(N(C)Cc2cccc(C)n2)c1CN. The summed E-state index contributed by atoms with van der Waals surface area (Å²) in [7, 11) is 2.10. The molecule has 0 spiro atoms. The second kappa shape index (κ2) is 7.48. The zero-order valence-electron chi connectivity index (χ0n) is 13.0. The molecule has 1 aromatic carbocycles. The molecule has 2 N–H and O–H groups in total.